The highest BCUT2D eigenvalue weighted by Crippen LogP contribution is 2.23. The van der Waals surface area contributed by atoms with Gasteiger partial charge in [-0.05, 0) is 12.1 Å². The van der Waals surface area contributed by atoms with E-state index >= 15 is 0 Å². The number of hydrogen-bond donors (Lipinski definition) is 2. The van der Waals surface area contributed by atoms with E-state index in [2.05, 4.69) is 20.1 Å². The van der Waals surface area contributed by atoms with Crippen molar-refractivity contribution in [2.75, 3.05) is 0 Å². The van der Waals surface area contributed by atoms with Gasteiger partial charge >= 0.3 is 0 Å². The Morgan fingerprint density at radius 3 is 2.73 bits per heavy atom. The quantitative estimate of drug-likeness (QED) is 0.510. The Morgan fingerprint density at radius 2 is 1.96 bits per heavy atom. The van der Waals surface area contributed by atoms with Crippen molar-refractivity contribution in [2.24, 2.45) is 0 Å². The molecule has 26 heavy (non-hydrogen) atoms. The smallest absolute Gasteiger partial charge is 0.295 e. The average molecular weight is 373 g/mol. The molecule has 132 valence electrons. The summed E-state index contributed by atoms with van der Waals surface area (Å²) in [6, 6.07) is 4.30. The van der Waals surface area contributed by atoms with Crippen LogP contribution in [0, 0.1) is 5.82 Å². The molecule has 10 heteroatoms. The van der Waals surface area contributed by atoms with Gasteiger partial charge in [0.15, 0.2) is 11.8 Å². The Balaban J connectivity index is 1.82. The third kappa shape index (κ3) is 3.05. The molecular weight excluding hydrogens is 361 g/mol. The molecule has 0 radical (unpaired) electrons. The van der Waals surface area contributed by atoms with Gasteiger partial charge < -0.3 is 10.2 Å². The maximum absolute atomic E-state index is 13.3. The molecule has 0 saturated carbocycles. The van der Waals surface area contributed by atoms with Crippen LogP contribution in [0.5, 0.6) is 0 Å². The summed E-state index contributed by atoms with van der Waals surface area (Å²) in [5.41, 5.74) is 0.604. The number of aliphatic hydroxyl groups excluding tert-OH is 1. The summed E-state index contributed by atoms with van der Waals surface area (Å²) in [4.78, 5) is 25.1. The van der Waals surface area contributed by atoms with E-state index in [4.69, 9.17) is 0 Å². The van der Waals surface area contributed by atoms with Crippen LogP contribution in [0.1, 0.15) is 10.7 Å². The maximum atomic E-state index is 13.3. The van der Waals surface area contributed by atoms with Gasteiger partial charge in [0.1, 0.15) is 16.3 Å². The van der Waals surface area contributed by atoms with Gasteiger partial charge in [-0.3, -0.25) is 9.78 Å². The molecule has 2 N–H and O–H groups in total. The van der Waals surface area contributed by atoms with Crippen molar-refractivity contribution in [1.82, 2.24) is 24.7 Å². The Kier molecular flexibility index (Phi) is 4.15. The van der Waals surface area contributed by atoms with Crippen LogP contribution in [-0.4, -0.2) is 41.2 Å². The summed E-state index contributed by atoms with van der Waals surface area (Å²) in [5, 5.41) is 23.3. The molecule has 3 aromatic heterocycles. The van der Waals surface area contributed by atoms with E-state index < -0.39 is 11.8 Å². The second-order valence-electron chi connectivity index (χ2n) is 5.57. The van der Waals surface area contributed by atoms with Gasteiger partial charge in [-0.2, -0.15) is 5.10 Å². The predicted octanol–water partition coefficient (Wildman–Crippen LogP) is 0.837. The van der Waals surface area contributed by atoms with Crippen LogP contribution in [0.2, 0.25) is 0 Å². The largest absolute Gasteiger partial charge is 0.368 e. The first-order chi connectivity index (χ1) is 12.5. The highest BCUT2D eigenvalue weighted by Gasteiger charge is 2.16. The van der Waals surface area contributed by atoms with E-state index in [1.807, 2.05) is 0 Å². The summed E-state index contributed by atoms with van der Waals surface area (Å²) in [6.07, 6.45) is 0.959. The molecule has 0 unspecified atom stereocenters. The lowest BCUT2D eigenvalue weighted by Gasteiger charge is -2.09. The minimum Gasteiger partial charge on any atom is -0.368 e. The SMILES string of the molecule is O=c1c2nccnc2c(CC(O)O)nn1Cc1nc2cc(F)ccc2s1. The predicted molar refractivity (Wildman–Crippen MR) is 92.2 cm³/mol. The first-order valence-corrected chi connectivity index (χ1v) is 8.45. The Bertz CT molecular complexity index is 1170. The number of aliphatic hydroxyl groups is 2. The van der Waals surface area contributed by atoms with Crippen LogP contribution in [0.3, 0.4) is 0 Å². The van der Waals surface area contributed by atoms with Gasteiger partial charge in [-0.15, -0.1) is 11.3 Å². The van der Waals surface area contributed by atoms with Gasteiger partial charge in [-0.1, -0.05) is 0 Å². The normalized spacial score (nSPS) is 11.7. The fraction of sp³-hybridized carbons (Fsp3) is 0.188. The van der Waals surface area contributed by atoms with Crippen molar-refractivity contribution >= 4 is 32.6 Å². The molecule has 0 fully saturated rings. The lowest BCUT2D eigenvalue weighted by Crippen LogP contribution is -2.27. The number of rotatable bonds is 4. The number of halogens is 1. The number of aromatic nitrogens is 5. The summed E-state index contributed by atoms with van der Waals surface area (Å²) in [6.45, 7) is 0.0564. The van der Waals surface area contributed by atoms with Gasteiger partial charge in [0.25, 0.3) is 5.56 Å². The molecular formula is C16H12FN5O3S. The molecule has 0 spiro atoms. The summed E-state index contributed by atoms with van der Waals surface area (Å²) in [7, 11) is 0. The van der Waals surface area contributed by atoms with Crippen LogP contribution in [-0.2, 0) is 13.0 Å². The molecule has 1 aromatic carbocycles. The standard InChI is InChI=1S/C16H12FN5O3S/c17-8-1-2-11-9(5-8)20-12(26-11)7-22-16(25)15-14(18-3-4-19-15)10(21-22)6-13(23)24/h1-5,13,23-24H,6-7H2. The number of nitrogens with zero attached hydrogens (tertiary/aromatic N) is 5. The molecule has 4 rings (SSSR count). The number of fused-ring (bicyclic) bond motifs is 2. The Labute approximate surface area is 149 Å². The molecule has 0 aliphatic heterocycles. The second-order valence-corrected chi connectivity index (χ2v) is 6.68. The molecule has 0 aliphatic carbocycles. The second kappa shape index (κ2) is 6.48. The Morgan fingerprint density at radius 1 is 1.19 bits per heavy atom. The molecule has 0 aliphatic rings. The van der Waals surface area contributed by atoms with Gasteiger partial charge in [-0.25, -0.2) is 19.0 Å². The highest BCUT2D eigenvalue weighted by molar-refractivity contribution is 7.18. The zero-order valence-electron chi connectivity index (χ0n) is 13.2. The van der Waals surface area contributed by atoms with Crippen molar-refractivity contribution < 1.29 is 14.6 Å². The molecule has 0 saturated heterocycles. The summed E-state index contributed by atoms with van der Waals surface area (Å²) < 4.78 is 15.3. The lowest BCUT2D eigenvalue weighted by molar-refractivity contribution is -0.0388. The van der Waals surface area contributed by atoms with E-state index in [-0.39, 0.29) is 35.5 Å². The fourth-order valence-corrected chi connectivity index (χ4v) is 3.56. The van der Waals surface area contributed by atoms with Crippen molar-refractivity contribution in [2.45, 2.75) is 19.3 Å². The fourth-order valence-electron chi connectivity index (χ4n) is 2.63. The topological polar surface area (TPSA) is 114 Å². The van der Waals surface area contributed by atoms with E-state index in [1.54, 1.807) is 6.07 Å². The number of benzene rings is 1. The van der Waals surface area contributed by atoms with Crippen LogP contribution in [0.4, 0.5) is 4.39 Å². The van der Waals surface area contributed by atoms with Crippen LogP contribution < -0.4 is 5.56 Å². The third-order valence-electron chi connectivity index (χ3n) is 3.70. The summed E-state index contributed by atoms with van der Waals surface area (Å²) in [5.74, 6) is -0.384. The van der Waals surface area contributed by atoms with Crippen LogP contribution in [0.25, 0.3) is 21.3 Å². The van der Waals surface area contributed by atoms with Crippen molar-refractivity contribution in [3.8, 4) is 0 Å². The first kappa shape index (κ1) is 16.6. The molecule has 0 bridgehead atoms. The molecule has 0 atom stereocenters. The highest BCUT2D eigenvalue weighted by atomic mass is 32.1. The van der Waals surface area contributed by atoms with Gasteiger partial charge in [0, 0.05) is 24.9 Å². The van der Waals surface area contributed by atoms with Gasteiger partial charge in [0.05, 0.1) is 22.5 Å². The molecule has 4 aromatic rings. The zero-order valence-corrected chi connectivity index (χ0v) is 14.0. The van der Waals surface area contributed by atoms with E-state index in [0.29, 0.717) is 10.5 Å². The minimum absolute atomic E-state index is 0.0564. The zero-order chi connectivity index (χ0) is 18.3. The molecule has 3 heterocycles. The van der Waals surface area contributed by atoms with E-state index in [9.17, 15) is 19.4 Å². The molecule has 0 amide bonds. The number of hydrogen-bond acceptors (Lipinski definition) is 8. The maximum Gasteiger partial charge on any atom is 0.295 e. The average Bonchev–Trinajstić information content (AvgIpc) is 3.00. The van der Waals surface area contributed by atoms with Crippen LogP contribution >= 0.6 is 11.3 Å². The first-order valence-electron chi connectivity index (χ1n) is 7.63. The van der Waals surface area contributed by atoms with Crippen molar-refractivity contribution in [3.63, 3.8) is 0 Å². The van der Waals surface area contributed by atoms with Crippen LogP contribution in [0.15, 0.2) is 35.4 Å². The minimum atomic E-state index is -1.64. The monoisotopic (exact) mass is 373 g/mol. The van der Waals surface area contributed by atoms with Gasteiger partial charge in [0.2, 0.25) is 0 Å². The lowest BCUT2D eigenvalue weighted by atomic mass is 10.2. The molecule has 8 nitrogen and oxygen atoms in total. The van der Waals surface area contributed by atoms with Crippen molar-refractivity contribution in [3.05, 3.63) is 57.5 Å². The van der Waals surface area contributed by atoms with Crippen molar-refractivity contribution in [1.29, 1.82) is 0 Å². The van der Waals surface area contributed by atoms with E-state index in [1.165, 1.54) is 35.9 Å². The Hall–Kier alpha value is -2.82. The number of thiazole rings is 1. The van der Waals surface area contributed by atoms with E-state index in [0.717, 1.165) is 9.38 Å². The third-order valence-corrected chi connectivity index (χ3v) is 4.73. The summed E-state index contributed by atoms with van der Waals surface area (Å²) >= 11 is 1.32.